The Balaban J connectivity index is 0.930. The molecule has 6 saturated carbocycles. The van der Waals surface area contributed by atoms with Gasteiger partial charge in [0.25, 0.3) is 0 Å². The molecule has 0 aromatic carbocycles. The summed E-state index contributed by atoms with van der Waals surface area (Å²) in [7, 11) is 1.87. The van der Waals surface area contributed by atoms with E-state index in [0.717, 1.165) is 21.6 Å². The van der Waals surface area contributed by atoms with Gasteiger partial charge in [-0.15, -0.1) is 0 Å². The van der Waals surface area contributed by atoms with Crippen LogP contribution in [-0.4, -0.2) is 150 Å². The number of Topliss-reactive ketones (excluding diaryl/α,β-unsaturated/α-hetero) is 2. The van der Waals surface area contributed by atoms with Crippen molar-refractivity contribution in [3.05, 3.63) is 47.6 Å². The summed E-state index contributed by atoms with van der Waals surface area (Å²) >= 11 is 0. The molecule has 0 bridgehead atoms. The topological polar surface area (TPSA) is 278 Å². The minimum atomic E-state index is -2.22. The molecule has 8 aliphatic carbocycles. The monoisotopic (exact) mass is 1190 g/mol. The van der Waals surface area contributed by atoms with Crippen LogP contribution in [0, 0.1) is 57.2 Å². The lowest BCUT2D eigenvalue weighted by atomic mass is 9.44. The van der Waals surface area contributed by atoms with Crippen LogP contribution in [0.3, 0.4) is 0 Å². The summed E-state index contributed by atoms with van der Waals surface area (Å²) in [6, 6.07) is -3.02. The van der Waals surface area contributed by atoms with Crippen molar-refractivity contribution in [2.75, 3.05) is 24.7 Å². The van der Waals surface area contributed by atoms with Gasteiger partial charge in [-0.1, -0.05) is 72.6 Å². The number of hydrogen-bond acceptors (Lipinski definition) is 18. The quantitative estimate of drug-likeness (QED) is 0.0414. The fourth-order valence-corrected chi connectivity index (χ4v) is 18.7. The number of rotatable bonds is 15. The van der Waals surface area contributed by atoms with Gasteiger partial charge in [-0.05, 0) is 155 Å². The lowest BCUT2D eigenvalue weighted by Gasteiger charge is -2.62. The highest BCUT2D eigenvalue weighted by atomic mass is 33.1. The second kappa shape index (κ2) is 21.8. The Morgan fingerprint density at radius 2 is 0.963 bits per heavy atom. The number of fused-ring (bicyclic) bond motifs is 10. The van der Waals surface area contributed by atoms with Crippen molar-refractivity contribution < 1.29 is 86.5 Å². The number of hydrogen-bond donors (Lipinski definition) is 6. The number of ether oxygens (including phenoxy) is 4. The standard InChI is InChI=1S/C60H82F2N2O16S2/c1-31-21-39-37-15-13-33-23-35(65)17-19-53(33,9)57(37,61)43(67)25-55(39,11)59(31,75)45(69)27-77-47(71)41(63-49(73)79-51(3,4)5)29-81-82-30-42(64-50(74)80-52(6,7)8)48(72)78-28-46(70)60(76)32(2)22-40-38-16-14-34-24-36(66)18-20-54(34,10)58(38,62)44(68)26-56(40,60)12/h17-20,23-24,31-32,37-44,67-68,75-76H,13-16,21-22,25-30H2,1-12H3,(H,63,73)(H,64,74)/t31-,32-,37+,38+,39+,40+,41?,42?,43+,44+,53+,54+,55+,56+,57+,58+,59+,60+/m1/s1. The minimum absolute atomic E-state index is 0.218. The number of allylic oxidation sites excluding steroid dienone is 8. The van der Waals surface area contributed by atoms with E-state index in [1.807, 2.05) is 0 Å². The van der Waals surface area contributed by atoms with Gasteiger partial charge in [0, 0.05) is 45.0 Å². The number of halogens is 2. The van der Waals surface area contributed by atoms with Crippen LogP contribution in [-0.2, 0) is 47.7 Å². The summed E-state index contributed by atoms with van der Waals surface area (Å²) in [6.45, 7) is 17.6. The van der Waals surface area contributed by atoms with E-state index < -0.39 is 164 Å². The molecular weight excluding hydrogens is 1110 g/mol. The molecule has 0 spiro atoms. The first kappa shape index (κ1) is 63.5. The minimum Gasteiger partial charge on any atom is -0.456 e. The summed E-state index contributed by atoms with van der Waals surface area (Å²) in [6.07, 6.45) is 4.25. The summed E-state index contributed by atoms with van der Waals surface area (Å²) in [4.78, 5) is 108. The van der Waals surface area contributed by atoms with Crippen LogP contribution in [0.4, 0.5) is 18.4 Å². The van der Waals surface area contributed by atoms with Crippen LogP contribution in [0.5, 0.6) is 0 Å². The van der Waals surface area contributed by atoms with Gasteiger partial charge in [0.2, 0.25) is 11.6 Å². The van der Waals surface area contributed by atoms with Crippen LogP contribution >= 0.6 is 21.6 Å². The van der Waals surface area contributed by atoms with E-state index in [9.17, 15) is 58.8 Å². The highest BCUT2D eigenvalue weighted by molar-refractivity contribution is 8.76. The molecule has 0 radical (unpaired) electrons. The second-order valence-corrected chi connectivity index (χ2v) is 29.9. The van der Waals surface area contributed by atoms with Gasteiger partial charge < -0.3 is 50.0 Å². The van der Waals surface area contributed by atoms with Gasteiger partial charge in [-0.25, -0.2) is 28.0 Å². The molecule has 0 aromatic heterocycles. The Hall–Kier alpha value is -4.48. The van der Waals surface area contributed by atoms with Crippen molar-refractivity contribution in [3.63, 3.8) is 0 Å². The third kappa shape index (κ3) is 10.2. The van der Waals surface area contributed by atoms with E-state index in [1.165, 1.54) is 36.5 Å². The van der Waals surface area contributed by atoms with Crippen LogP contribution in [0.25, 0.3) is 0 Å². The zero-order valence-electron chi connectivity index (χ0n) is 49.0. The van der Waals surface area contributed by atoms with Crippen molar-refractivity contribution in [1.82, 2.24) is 10.6 Å². The highest BCUT2D eigenvalue weighted by Crippen LogP contribution is 2.72. The molecule has 0 heterocycles. The normalized spacial score (nSPS) is 40.7. The summed E-state index contributed by atoms with van der Waals surface area (Å²) in [5.41, 5.74) is -15.0. The molecule has 82 heavy (non-hydrogen) atoms. The maximum atomic E-state index is 17.8. The average molecular weight is 1190 g/mol. The molecule has 2 unspecified atom stereocenters. The lowest BCUT2D eigenvalue weighted by Crippen LogP contribution is -2.69. The number of ketones is 4. The fraction of sp³-hybridized carbons (Fsp3) is 0.733. The van der Waals surface area contributed by atoms with E-state index in [2.05, 4.69) is 10.6 Å². The molecular formula is C60H82F2N2O16S2. The molecule has 8 rings (SSSR count). The molecule has 454 valence electrons. The van der Waals surface area contributed by atoms with Crippen molar-refractivity contribution in [2.24, 2.45) is 57.2 Å². The molecule has 6 N–H and O–H groups in total. The van der Waals surface area contributed by atoms with Crippen LogP contribution in [0.2, 0.25) is 0 Å². The zero-order chi connectivity index (χ0) is 60.9. The number of aliphatic hydroxyl groups is 4. The Kier molecular flexibility index (Phi) is 16.9. The Labute approximate surface area is 485 Å². The first-order valence-electron chi connectivity index (χ1n) is 28.5. The molecule has 18 nitrogen and oxygen atoms in total. The largest absolute Gasteiger partial charge is 0.456 e. The fourth-order valence-electron chi connectivity index (χ4n) is 16.4. The summed E-state index contributed by atoms with van der Waals surface area (Å²) in [5.74, 6) is -9.39. The lowest BCUT2D eigenvalue weighted by molar-refractivity contribution is -0.220. The third-order valence-corrected chi connectivity index (χ3v) is 22.9. The number of nitrogens with one attached hydrogen (secondary N) is 2. The predicted molar refractivity (Wildman–Crippen MR) is 299 cm³/mol. The van der Waals surface area contributed by atoms with Gasteiger partial charge in [0.1, 0.15) is 34.5 Å². The van der Waals surface area contributed by atoms with Gasteiger partial charge >= 0.3 is 24.1 Å². The molecule has 0 aromatic rings. The highest BCUT2D eigenvalue weighted by Gasteiger charge is 2.77. The van der Waals surface area contributed by atoms with Crippen LogP contribution in [0.1, 0.15) is 134 Å². The van der Waals surface area contributed by atoms with Crippen molar-refractivity contribution in [2.45, 2.75) is 192 Å². The number of amides is 2. The Morgan fingerprint density at radius 1 is 0.622 bits per heavy atom. The van der Waals surface area contributed by atoms with Crippen molar-refractivity contribution in [3.8, 4) is 0 Å². The first-order chi connectivity index (χ1) is 37.8. The SMILES string of the molecule is C[C@@H]1C[C@H]2[C@@H]3CCC4=CC(=O)C=C[C@]4(C)[C@@]3(F)[C@@H](O)C[C@]2(C)[C@@]1(O)C(=O)COC(=O)C(CSSCC(NC(=O)OC(C)(C)C)C(=O)OCC(=O)[C@@]1(O)[C@H](C)C[C@H]2[C@@H]3CCC4=CC(=O)C=C[C@]4(C)[C@@]3(F)[C@@H](O)C[C@@]21C)NC(=O)OC(C)(C)C. The molecule has 0 saturated heterocycles. The number of aliphatic hydroxyl groups excluding tert-OH is 2. The molecule has 8 aliphatic rings. The van der Waals surface area contributed by atoms with Gasteiger partial charge in [0.15, 0.2) is 36.1 Å². The molecule has 18 atom stereocenters. The van der Waals surface area contributed by atoms with E-state index in [4.69, 9.17) is 18.9 Å². The van der Waals surface area contributed by atoms with E-state index in [1.54, 1.807) is 83.1 Å². The van der Waals surface area contributed by atoms with Gasteiger partial charge in [-0.3, -0.25) is 19.2 Å². The van der Waals surface area contributed by atoms with E-state index in [-0.39, 0.29) is 61.6 Å². The number of alkyl halides is 2. The molecule has 2 amide bonds. The average Bonchev–Trinajstić information content (AvgIpc) is 3.70. The Bertz CT molecular complexity index is 2610. The number of esters is 2. The van der Waals surface area contributed by atoms with Crippen molar-refractivity contribution in [1.29, 1.82) is 0 Å². The summed E-state index contributed by atoms with van der Waals surface area (Å²) < 4.78 is 57.5. The second-order valence-electron chi connectivity index (χ2n) is 27.4. The van der Waals surface area contributed by atoms with E-state index >= 15 is 8.78 Å². The molecule has 6 fully saturated rings. The summed E-state index contributed by atoms with van der Waals surface area (Å²) in [5, 5.41) is 53.6. The van der Waals surface area contributed by atoms with Crippen molar-refractivity contribution >= 4 is 68.8 Å². The predicted octanol–water partition coefficient (Wildman–Crippen LogP) is 7.07. The van der Waals surface area contributed by atoms with Gasteiger partial charge in [0.05, 0.1) is 12.2 Å². The number of carbonyl (C=O) groups excluding carboxylic acids is 8. The van der Waals surface area contributed by atoms with Gasteiger partial charge in [-0.2, -0.15) is 0 Å². The maximum Gasteiger partial charge on any atom is 0.408 e. The smallest absolute Gasteiger partial charge is 0.408 e. The zero-order valence-corrected chi connectivity index (χ0v) is 50.6. The third-order valence-electron chi connectivity index (χ3n) is 20.5. The van der Waals surface area contributed by atoms with E-state index in [0.29, 0.717) is 24.0 Å². The first-order valence-corrected chi connectivity index (χ1v) is 31.0. The number of alkyl carbamates (subject to hydrolysis) is 2. The van der Waals surface area contributed by atoms with Crippen LogP contribution in [0.15, 0.2) is 47.6 Å². The number of carbonyl (C=O) groups is 8. The molecule has 22 heteroatoms. The Morgan fingerprint density at radius 3 is 1.29 bits per heavy atom. The molecule has 0 aliphatic heterocycles. The van der Waals surface area contributed by atoms with Crippen LogP contribution < -0.4 is 10.6 Å². The maximum absolute atomic E-state index is 17.8.